The van der Waals surface area contributed by atoms with E-state index < -0.39 is 0 Å². The van der Waals surface area contributed by atoms with Crippen molar-refractivity contribution in [2.75, 3.05) is 25.6 Å². The summed E-state index contributed by atoms with van der Waals surface area (Å²) in [6.45, 7) is 11.7. The summed E-state index contributed by atoms with van der Waals surface area (Å²) in [6, 6.07) is 5.60. The van der Waals surface area contributed by atoms with Crippen LogP contribution in [0.2, 0.25) is 0 Å². The molecule has 1 aromatic heterocycles. The molecule has 7 heteroatoms. The van der Waals surface area contributed by atoms with Gasteiger partial charge >= 0.3 is 5.97 Å². The fourth-order valence-corrected chi connectivity index (χ4v) is 5.92. The molecule has 1 aliphatic rings. The number of carbonyl (C=O) groups excluding carboxylic acids is 2. The number of fused-ring (bicyclic) bond motifs is 1. The van der Waals surface area contributed by atoms with Gasteiger partial charge in [0.2, 0.25) is 5.91 Å². The van der Waals surface area contributed by atoms with E-state index in [1.165, 1.54) is 22.3 Å². The molecule has 202 valence electrons. The van der Waals surface area contributed by atoms with Crippen molar-refractivity contribution in [1.29, 1.82) is 0 Å². The number of ether oxygens (including phenoxy) is 3. The van der Waals surface area contributed by atoms with Crippen molar-refractivity contribution >= 4 is 34.3 Å². The van der Waals surface area contributed by atoms with E-state index in [0.717, 1.165) is 49.7 Å². The van der Waals surface area contributed by atoms with Crippen LogP contribution in [0.25, 0.3) is 6.08 Å². The maximum Gasteiger partial charge on any atom is 0.341 e. The first-order chi connectivity index (χ1) is 17.7. The van der Waals surface area contributed by atoms with Gasteiger partial charge in [-0.2, -0.15) is 0 Å². The topological polar surface area (TPSA) is 73.9 Å². The highest BCUT2D eigenvalue weighted by atomic mass is 32.1. The van der Waals surface area contributed by atoms with Crippen molar-refractivity contribution in [1.82, 2.24) is 0 Å². The van der Waals surface area contributed by atoms with E-state index >= 15 is 0 Å². The number of methoxy groups -OCH3 is 1. The van der Waals surface area contributed by atoms with Gasteiger partial charge < -0.3 is 19.5 Å². The van der Waals surface area contributed by atoms with Gasteiger partial charge in [0.1, 0.15) is 5.00 Å². The van der Waals surface area contributed by atoms with Gasteiger partial charge in [0.25, 0.3) is 0 Å². The molecule has 1 unspecified atom stereocenters. The molecule has 6 nitrogen and oxygen atoms in total. The van der Waals surface area contributed by atoms with Crippen molar-refractivity contribution in [2.24, 2.45) is 11.3 Å². The Hall–Kier alpha value is -2.80. The summed E-state index contributed by atoms with van der Waals surface area (Å²) in [7, 11) is 1.61. The van der Waals surface area contributed by atoms with Crippen LogP contribution >= 0.6 is 11.3 Å². The van der Waals surface area contributed by atoms with Crippen LogP contribution < -0.4 is 14.8 Å². The van der Waals surface area contributed by atoms with Gasteiger partial charge in [0, 0.05) is 11.0 Å². The number of esters is 1. The molecule has 0 spiro atoms. The van der Waals surface area contributed by atoms with E-state index in [2.05, 4.69) is 33.0 Å². The fraction of sp³-hybridized carbons (Fsp3) is 0.533. The van der Waals surface area contributed by atoms with Crippen molar-refractivity contribution < 1.29 is 23.8 Å². The maximum absolute atomic E-state index is 12.9. The third-order valence-electron chi connectivity index (χ3n) is 6.83. The van der Waals surface area contributed by atoms with Crippen LogP contribution in [0, 0.1) is 11.3 Å². The predicted octanol–water partition coefficient (Wildman–Crippen LogP) is 7.31. The molecule has 1 aromatic carbocycles. The van der Waals surface area contributed by atoms with Gasteiger partial charge in [-0.1, -0.05) is 46.6 Å². The summed E-state index contributed by atoms with van der Waals surface area (Å²) in [4.78, 5) is 26.9. The van der Waals surface area contributed by atoms with Crippen LogP contribution in [0.3, 0.4) is 0 Å². The van der Waals surface area contributed by atoms with Gasteiger partial charge in [-0.25, -0.2) is 4.79 Å². The average molecular weight is 528 g/mol. The van der Waals surface area contributed by atoms with Crippen LogP contribution in [0.1, 0.15) is 86.7 Å². The second-order valence-corrected chi connectivity index (χ2v) is 11.6. The van der Waals surface area contributed by atoms with Crippen LogP contribution in [0.4, 0.5) is 5.00 Å². The Bertz CT molecular complexity index is 1110. The summed E-state index contributed by atoms with van der Waals surface area (Å²) in [5.74, 6) is 1.19. The molecule has 37 heavy (non-hydrogen) atoms. The molecule has 0 bridgehead atoms. The number of carbonyl (C=O) groups is 2. The van der Waals surface area contributed by atoms with Gasteiger partial charge in [-0.05, 0) is 73.3 Å². The Kier molecular flexibility index (Phi) is 10.2. The molecule has 0 saturated carbocycles. The Balaban J connectivity index is 1.75. The van der Waals surface area contributed by atoms with Crippen molar-refractivity contribution in [2.45, 2.75) is 73.1 Å². The number of thiophene rings is 1. The van der Waals surface area contributed by atoms with Gasteiger partial charge in [-0.3, -0.25) is 4.79 Å². The minimum Gasteiger partial charge on any atom is -0.493 e. The molecule has 3 rings (SSSR count). The highest BCUT2D eigenvalue weighted by Gasteiger charge is 2.34. The zero-order chi connectivity index (χ0) is 27.0. The third-order valence-corrected chi connectivity index (χ3v) is 8.00. The van der Waals surface area contributed by atoms with Crippen LogP contribution in [0.5, 0.6) is 11.5 Å². The first-order valence-corrected chi connectivity index (χ1v) is 14.1. The van der Waals surface area contributed by atoms with E-state index in [1.54, 1.807) is 20.1 Å². The molecule has 1 atom stereocenters. The molecule has 0 fully saturated rings. The minimum atomic E-state index is -0.368. The van der Waals surface area contributed by atoms with E-state index in [4.69, 9.17) is 14.2 Å². The molecular formula is C30H41NO5S. The average Bonchev–Trinajstić information content (AvgIpc) is 3.22. The molecule has 2 aromatic rings. The molecule has 1 N–H and O–H groups in total. The molecule has 0 aliphatic heterocycles. The lowest BCUT2D eigenvalue weighted by atomic mass is 9.72. The van der Waals surface area contributed by atoms with Crippen molar-refractivity contribution in [3.63, 3.8) is 0 Å². The zero-order valence-corrected chi connectivity index (χ0v) is 23.9. The van der Waals surface area contributed by atoms with Crippen molar-refractivity contribution in [3.8, 4) is 11.5 Å². The highest BCUT2D eigenvalue weighted by Crippen LogP contribution is 2.44. The van der Waals surface area contributed by atoms with E-state index in [9.17, 15) is 9.59 Å². The molecule has 1 aliphatic carbocycles. The zero-order valence-electron chi connectivity index (χ0n) is 23.1. The van der Waals surface area contributed by atoms with Crippen molar-refractivity contribution in [3.05, 3.63) is 45.8 Å². The molecule has 1 amide bonds. The largest absolute Gasteiger partial charge is 0.493 e. The number of nitrogens with one attached hydrogen (secondary N) is 1. The number of benzene rings is 1. The number of hydrogen-bond acceptors (Lipinski definition) is 6. The first-order valence-electron chi connectivity index (χ1n) is 13.3. The molecular weight excluding hydrogens is 486 g/mol. The highest BCUT2D eigenvalue weighted by molar-refractivity contribution is 7.17. The van der Waals surface area contributed by atoms with E-state index in [1.807, 2.05) is 18.2 Å². The Morgan fingerprint density at radius 2 is 1.95 bits per heavy atom. The first kappa shape index (κ1) is 28.8. The normalized spacial score (nSPS) is 15.4. The Morgan fingerprint density at radius 1 is 1.16 bits per heavy atom. The van der Waals surface area contributed by atoms with E-state index in [-0.39, 0.29) is 17.3 Å². The minimum absolute atomic E-state index is 0.190. The summed E-state index contributed by atoms with van der Waals surface area (Å²) in [6.07, 6.45) is 9.22. The lowest BCUT2D eigenvalue weighted by molar-refractivity contribution is -0.111. The van der Waals surface area contributed by atoms with Crippen LogP contribution in [0.15, 0.2) is 24.3 Å². The second-order valence-electron chi connectivity index (χ2n) is 10.5. The van der Waals surface area contributed by atoms with E-state index in [0.29, 0.717) is 41.2 Å². The lowest BCUT2D eigenvalue weighted by Crippen LogP contribution is -2.26. The Morgan fingerprint density at radius 3 is 2.62 bits per heavy atom. The summed E-state index contributed by atoms with van der Waals surface area (Å²) < 4.78 is 16.7. The van der Waals surface area contributed by atoms with Crippen LogP contribution in [-0.4, -0.2) is 32.2 Å². The number of anilines is 1. The summed E-state index contributed by atoms with van der Waals surface area (Å²) in [5, 5.41) is 3.52. The number of amides is 1. The molecule has 1 heterocycles. The number of unbranched alkanes of at least 4 members (excludes halogenated alkanes) is 2. The quantitative estimate of drug-likeness (QED) is 0.188. The fourth-order valence-electron chi connectivity index (χ4n) is 4.60. The Labute approximate surface area is 225 Å². The molecule has 0 radical (unpaired) electrons. The number of rotatable bonds is 11. The smallest absolute Gasteiger partial charge is 0.341 e. The third kappa shape index (κ3) is 7.60. The maximum atomic E-state index is 12.9. The standard InChI is InChI=1S/C30H41NO5S/c1-7-9-10-17-36-23-15-11-20(18-24(23)34-6)12-16-26(32)31-28-27(29(33)35-8-2)22-14-13-21(30(3,4)5)19-25(22)37-28/h11-12,15-16,18,21H,7-10,13-14,17,19H2,1-6H3,(H,31,32)/b16-12+. The predicted molar refractivity (Wildman–Crippen MR) is 151 cm³/mol. The SMILES string of the molecule is CCCCCOc1ccc(/C=C/C(=O)Nc2sc3c(c2C(=O)OCC)CCC(C(C)(C)C)C3)cc1OC. The van der Waals surface area contributed by atoms with Crippen LogP contribution in [-0.2, 0) is 22.4 Å². The summed E-state index contributed by atoms with van der Waals surface area (Å²) >= 11 is 1.50. The molecule has 0 saturated heterocycles. The second kappa shape index (κ2) is 13.1. The van der Waals surface area contributed by atoms with Gasteiger partial charge in [-0.15, -0.1) is 11.3 Å². The van der Waals surface area contributed by atoms with Gasteiger partial charge in [0.15, 0.2) is 11.5 Å². The van der Waals surface area contributed by atoms with Gasteiger partial charge in [0.05, 0.1) is 25.9 Å². The number of hydrogen-bond donors (Lipinski definition) is 1. The lowest BCUT2D eigenvalue weighted by Gasteiger charge is -2.33. The monoisotopic (exact) mass is 527 g/mol. The summed E-state index contributed by atoms with van der Waals surface area (Å²) in [5.41, 5.74) is 2.55.